The summed E-state index contributed by atoms with van der Waals surface area (Å²) in [6.07, 6.45) is 0. The molecule has 0 bridgehead atoms. The zero-order chi connectivity index (χ0) is 18.1. The van der Waals surface area contributed by atoms with Crippen LogP contribution in [0.5, 0.6) is 5.75 Å². The molecule has 0 radical (unpaired) electrons. The number of guanidine groups is 1. The molecule has 1 heterocycles. The van der Waals surface area contributed by atoms with E-state index in [9.17, 15) is 0 Å². The van der Waals surface area contributed by atoms with Crippen LogP contribution in [0, 0.1) is 0 Å². The largest absolute Gasteiger partial charge is 0.490 e. The van der Waals surface area contributed by atoms with Crippen molar-refractivity contribution in [1.82, 2.24) is 15.5 Å². The molecule has 1 aliphatic heterocycles. The number of ether oxygens (including phenoxy) is 2. The summed E-state index contributed by atoms with van der Waals surface area (Å²) in [5.41, 5.74) is 0.0372. The summed E-state index contributed by atoms with van der Waals surface area (Å²) in [5, 5.41) is 7.28. The highest BCUT2D eigenvalue weighted by Crippen LogP contribution is 2.22. The molecular weight excluding hydrogens is 340 g/mol. The van der Waals surface area contributed by atoms with Crippen LogP contribution in [-0.4, -0.2) is 69.4 Å². The number of benzene rings is 1. The average molecular weight is 369 g/mol. The summed E-state index contributed by atoms with van der Waals surface area (Å²) < 4.78 is 11.1. The molecule has 7 heteroatoms. The molecule has 0 amide bonds. The molecular formula is C18H29ClN4O2. The topological polar surface area (TPSA) is 58.1 Å². The number of para-hydroxylation sites is 1. The summed E-state index contributed by atoms with van der Waals surface area (Å²) in [7, 11) is 1.77. The first kappa shape index (κ1) is 19.8. The van der Waals surface area contributed by atoms with Gasteiger partial charge in [-0.15, -0.1) is 0 Å². The van der Waals surface area contributed by atoms with Gasteiger partial charge in [0.2, 0.25) is 0 Å². The fourth-order valence-electron chi connectivity index (χ4n) is 2.69. The Bertz CT molecular complexity index is 560. The maximum absolute atomic E-state index is 6.07. The van der Waals surface area contributed by atoms with Crippen molar-refractivity contribution in [2.24, 2.45) is 4.99 Å². The highest BCUT2D eigenvalue weighted by molar-refractivity contribution is 6.32. The summed E-state index contributed by atoms with van der Waals surface area (Å²) in [6, 6.07) is 7.47. The summed E-state index contributed by atoms with van der Waals surface area (Å²) in [6.45, 7) is 9.96. The van der Waals surface area contributed by atoms with Crippen LogP contribution in [-0.2, 0) is 4.74 Å². The standard InChI is InChI=1S/C18H29ClN4O2/c1-18(2,23-9-12-24-13-10-23)14-22-17(20-3)21-8-11-25-16-7-5-4-6-15(16)19/h4-7H,8-14H2,1-3H3,(H2,20,21,22). The fourth-order valence-corrected chi connectivity index (χ4v) is 2.88. The van der Waals surface area contributed by atoms with Crippen LogP contribution in [0.1, 0.15) is 13.8 Å². The van der Waals surface area contributed by atoms with E-state index in [0.29, 0.717) is 23.9 Å². The Morgan fingerprint density at radius 1 is 1.28 bits per heavy atom. The molecule has 1 aromatic carbocycles. The van der Waals surface area contributed by atoms with Gasteiger partial charge in [0, 0.05) is 32.2 Å². The molecule has 1 aromatic rings. The van der Waals surface area contributed by atoms with Crippen LogP contribution in [0.25, 0.3) is 0 Å². The number of aliphatic imine (C=N–C) groups is 1. The molecule has 0 saturated carbocycles. The third-order valence-corrected chi connectivity index (χ3v) is 4.58. The highest BCUT2D eigenvalue weighted by Gasteiger charge is 2.28. The first-order valence-electron chi connectivity index (χ1n) is 8.67. The lowest BCUT2D eigenvalue weighted by Gasteiger charge is -2.41. The quantitative estimate of drug-likeness (QED) is 0.438. The zero-order valence-electron chi connectivity index (χ0n) is 15.3. The lowest BCUT2D eigenvalue weighted by Crippen LogP contribution is -2.56. The summed E-state index contributed by atoms with van der Waals surface area (Å²) >= 11 is 6.07. The molecule has 0 aliphatic carbocycles. The molecule has 0 unspecified atom stereocenters. The smallest absolute Gasteiger partial charge is 0.191 e. The second kappa shape index (κ2) is 9.85. The Kier molecular flexibility index (Phi) is 7.81. The molecule has 1 saturated heterocycles. The van der Waals surface area contributed by atoms with E-state index in [1.165, 1.54) is 0 Å². The third-order valence-electron chi connectivity index (χ3n) is 4.27. The molecule has 2 rings (SSSR count). The number of hydrogen-bond donors (Lipinski definition) is 2. The van der Waals surface area contributed by atoms with E-state index < -0.39 is 0 Å². The van der Waals surface area contributed by atoms with Gasteiger partial charge in [-0.05, 0) is 26.0 Å². The van der Waals surface area contributed by atoms with E-state index in [4.69, 9.17) is 21.1 Å². The average Bonchev–Trinajstić information content (AvgIpc) is 2.63. The number of halogens is 1. The number of rotatable bonds is 7. The Morgan fingerprint density at radius 3 is 2.68 bits per heavy atom. The van der Waals surface area contributed by atoms with Crippen molar-refractivity contribution in [1.29, 1.82) is 0 Å². The SMILES string of the molecule is CN=C(NCCOc1ccccc1Cl)NCC(C)(C)N1CCOCC1. The molecule has 0 aromatic heterocycles. The Balaban J connectivity index is 1.70. The number of nitrogens with one attached hydrogen (secondary N) is 2. The van der Waals surface area contributed by atoms with E-state index in [0.717, 1.165) is 38.8 Å². The first-order valence-corrected chi connectivity index (χ1v) is 9.05. The van der Waals surface area contributed by atoms with Gasteiger partial charge >= 0.3 is 0 Å². The molecule has 25 heavy (non-hydrogen) atoms. The minimum absolute atomic E-state index is 0.0372. The van der Waals surface area contributed by atoms with E-state index in [-0.39, 0.29) is 5.54 Å². The Morgan fingerprint density at radius 2 is 2.00 bits per heavy atom. The molecule has 2 N–H and O–H groups in total. The predicted octanol–water partition coefficient (Wildman–Crippen LogP) is 1.99. The van der Waals surface area contributed by atoms with Crippen molar-refractivity contribution in [3.8, 4) is 5.75 Å². The van der Waals surface area contributed by atoms with E-state index in [1.54, 1.807) is 7.05 Å². The van der Waals surface area contributed by atoms with Gasteiger partial charge in [0.05, 0.1) is 24.8 Å². The molecule has 0 spiro atoms. The monoisotopic (exact) mass is 368 g/mol. The van der Waals surface area contributed by atoms with Crippen molar-refractivity contribution >= 4 is 17.6 Å². The maximum Gasteiger partial charge on any atom is 0.191 e. The van der Waals surface area contributed by atoms with Gasteiger partial charge in [-0.25, -0.2) is 0 Å². The van der Waals surface area contributed by atoms with Crippen molar-refractivity contribution in [3.05, 3.63) is 29.3 Å². The van der Waals surface area contributed by atoms with E-state index in [1.807, 2.05) is 24.3 Å². The van der Waals surface area contributed by atoms with Gasteiger partial charge < -0.3 is 20.1 Å². The molecule has 0 atom stereocenters. The third kappa shape index (κ3) is 6.38. The number of morpholine rings is 1. The van der Waals surface area contributed by atoms with Crippen LogP contribution < -0.4 is 15.4 Å². The minimum Gasteiger partial charge on any atom is -0.490 e. The normalized spacial score (nSPS) is 16.6. The Labute approximate surface area is 155 Å². The van der Waals surface area contributed by atoms with Crippen molar-refractivity contribution in [2.75, 3.05) is 53.0 Å². The first-order chi connectivity index (χ1) is 12.0. The van der Waals surface area contributed by atoms with Gasteiger partial charge in [-0.2, -0.15) is 0 Å². The number of hydrogen-bond acceptors (Lipinski definition) is 4. The van der Waals surface area contributed by atoms with Crippen LogP contribution >= 0.6 is 11.6 Å². The van der Waals surface area contributed by atoms with Crippen LogP contribution in [0.4, 0.5) is 0 Å². The van der Waals surface area contributed by atoms with Gasteiger partial charge in [0.25, 0.3) is 0 Å². The predicted molar refractivity (Wildman–Crippen MR) is 103 cm³/mol. The van der Waals surface area contributed by atoms with Crippen LogP contribution in [0.3, 0.4) is 0 Å². The molecule has 1 aliphatic rings. The van der Waals surface area contributed by atoms with Crippen molar-refractivity contribution in [2.45, 2.75) is 19.4 Å². The highest BCUT2D eigenvalue weighted by atomic mass is 35.5. The second-order valence-electron chi connectivity index (χ2n) is 6.54. The van der Waals surface area contributed by atoms with Gasteiger partial charge in [-0.3, -0.25) is 9.89 Å². The summed E-state index contributed by atoms with van der Waals surface area (Å²) in [4.78, 5) is 6.71. The zero-order valence-corrected chi connectivity index (χ0v) is 16.1. The lowest BCUT2D eigenvalue weighted by atomic mass is 10.0. The van der Waals surface area contributed by atoms with E-state index in [2.05, 4.69) is 34.4 Å². The van der Waals surface area contributed by atoms with Crippen LogP contribution in [0.15, 0.2) is 29.3 Å². The number of nitrogens with zero attached hydrogens (tertiary/aromatic N) is 2. The minimum atomic E-state index is 0.0372. The van der Waals surface area contributed by atoms with Gasteiger partial charge in [0.1, 0.15) is 12.4 Å². The molecule has 1 fully saturated rings. The Hall–Kier alpha value is -1.50. The van der Waals surface area contributed by atoms with Gasteiger partial charge in [-0.1, -0.05) is 23.7 Å². The molecule has 140 valence electrons. The summed E-state index contributed by atoms with van der Waals surface area (Å²) in [5.74, 6) is 1.46. The fraction of sp³-hybridized carbons (Fsp3) is 0.611. The van der Waals surface area contributed by atoms with Crippen molar-refractivity contribution < 1.29 is 9.47 Å². The van der Waals surface area contributed by atoms with E-state index >= 15 is 0 Å². The van der Waals surface area contributed by atoms with Crippen molar-refractivity contribution in [3.63, 3.8) is 0 Å². The van der Waals surface area contributed by atoms with Gasteiger partial charge in [0.15, 0.2) is 5.96 Å². The maximum atomic E-state index is 6.07. The lowest BCUT2D eigenvalue weighted by molar-refractivity contribution is -0.00834. The molecule has 6 nitrogen and oxygen atoms in total. The second-order valence-corrected chi connectivity index (χ2v) is 6.95. The van der Waals surface area contributed by atoms with Crippen LogP contribution in [0.2, 0.25) is 5.02 Å².